The average molecular weight is 497 g/mol. The summed E-state index contributed by atoms with van der Waals surface area (Å²) in [6, 6.07) is 1.67. The van der Waals surface area contributed by atoms with E-state index in [4.69, 9.17) is 4.74 Å². The standard InChI is InChI=1S/C21H22F7N3O3/c1-8-14(11-5-6-12(22)16(23)15(11)10(3)32)17(34-20(8,4)21(26,27)28)18(33)29-13-7-31(19(24)25)30-9(13)2/h5-8,10,14,17,19,32H,1-4H3,(H,29,33)/t8-,10+,14-,17+,20+/m0/s1. The molecular weight excluding hydrogens is 475 g/mol. The van der Waals surface area contributed by atoms with Crippen LogP contribution in [0.15, 0.2) is 18.3 Å². The monoisotopic (exact) mass is 497 g/mol. The number of carbonyl (C=O) groups is 1. The molecule has 0 unspecified atom stereocenters. The predicted octanol–water partition coefficient (Wildman–Crippen LogP) is 5.00. The smallest absolute Gasteiger partial charge is 0.389 e. The second kappa shape index (κ2) is 8.84. The Morgan fingerprint density at radius 1 is 1.29 bits per heavy atom. The zero-order valence-corrected chi connectivity index (χ0v) is 18.4. The summed E-state index contributed by atoms with van der Waals surface area (Å²) >= 11 is 0. The molecule has 0 spiro atoms. The van der Waals surface area contributed by atoms with Crippen LogP contribution in [0.4, 0.5) is 36.4 Å². The number of hydrogen-bond acceptors (Lipinski definition) is 4. The van der Waals surface area contributed by atoms with Crippen molar-refractivity contribution in [3.8, 4) is 0 Å². The zero-order valence-electron chi connectivity index (χ0n) is 18.4. The molecule has 1 saturated heterocycles. The first-order chi connectivity index (χ1) is 15.6. The lowest BCUT2D eigenvalue weighted by Crippen LogP contribution is -2.47. The number of benzene rings is 1. The minimum Gasteiger partial charge on any atom is -0.389 e. The fraction of sp³-hybridized carbons (Fsp3) is 0.524. The summed E-state index contributed by atoms with van der Waals surface area (Å²) in [5.74, 6) is -6.90. The third-order valence-electron chi connectivity index (χ3n) is 6.24. The van der Waals surface area contributed by atoms with Crippen molar-refractivity contribution in [2.45, 2.75) is 64.1 Å². The highest BCUT2D eigenvalue weighted by atomic mass is 19.4. The van der Waals surface area contributed by atoms with Gasteiger partial charge in [0.05, 0.1) is 23.7 Å². The van der Waals surface area contributed by atoms with E-state index in [0.717, 1.165) is 33.0 Å². The quantitative estimate of drug-likeness (QED) is 0.571. The van der Waals surface area contributed by atoms with Crippen LogP contribution in [0.5, 0.6) is 0 Å². The van der Waals surface area contributed by atoms with Gasteiger partial charge < -0.3 is 15.2 Å². The number of aliphatic hydroxyl groups excluding tert-OH is 1. The van der Waals surface area contributed by atoms with Crippen molar-refractivity contribution >= 4 is 11.6 Å². The lowest BCUT2D eigenvalue weighted by molar-refractivity contribution is -0.272. The summed E-state index contributed by atoms with van der Waals surface area (Å²) in [6.07, 6.45) is -7.67. The molecule has 5 atom stereocenters. The molecule has 1 aliphatic rings. The van der Waals surface area contributed by atoms with Gasteiger partial charge in [0, 0.05) is 17.4 Å². The molecule has 0 bridgehead atoms. The maximum atomic E-state index is 14.5. The summed E-state index contributed by atoms with van der Waals surface area (Å²) in [7, 11) is 0. The number of alkyl halides is 5. The topological polar surface area (TPSA) is 76.4 Å². The molecule has 34 heavy (non-hydrogen) atoms. The second-order valence-electron chi connectivity index (χ2n) is 8.37. The molecule has 2 N–H and O–H groups in total. The van der Waals surface area contributed by atoms with E-state index in [2.05, 4.69) is 10.4 Å². The number of anilines is 1. The summed E-state index contributed by atoms with van der Waals surface area (Å²) in [5, 5.41) is 15.8. The van der Waals surface area contributed by atoms with Crippen LogP contribution in [0, 0.1) is 24.5 Å². The van der Waals surface area contributed by atoms with Gasteiger partial charge in [-0.05, 0) is 32.4 Å². The number of aromatic nitrogens is 2. The van der Waals surface area contributed by atoms with Gasteiger partial charge in [-0.3, -0.25) is 4.79 Å². The van der Waals surface area contributed by atoms with E-state index in [1.807, 2.05) is 0 Å². The molecular formula is C21H22F7N3O3. The molecule has 1 amide bonds. The van der Waals surface area contributed by atoms with E-state index < -0.39 is 65.5 Å². The average Bonchev–Trinajstić information content (AvgIpc) is 3.22. The summed E-state index contributed by atoms with van der Waals surface area (Å²) in [5.41, 5.74) is -3.95. The van der Waals surface area contributed by atoms with Gasteiger partial charge in [-0.25, -0.2) is 13.5 Å². The van der Waals surface area contributed by atoms with Crippen molar-refractivity contribution < 1.29 is 45.4 Å². The second-order valence-corrected chi connectivity index (χ2v) is 8.37. The highest BCUT2D eigenvalue weighted by Gasteiger charge is 2.65. The number of halogens is 7. The third kappa shape index (κ3) is 4.26. The van der Waals surface area contributed by atoms with Crippen molar-refractivity contribution in [1.29, 1.82) is 0 Å². The molecule has 0 saturated carbocycles. The molecule has 188 valence electrons. The fourth-order valence-electron chi connectivity index (χ4n) is 4.23. The Labute approximate surface area is 189 Å². The summed E-state index contributed by atoms with van der Waals surface area (Å²) < 4.78 is 102. The Morgan fingerprint density at radius 3 is 2.41 bits per heavy atom. The van der Waals surface area contributed by atoms with Gasteiger partial charge in [-0.15, -0.1) is 0 Å². The van der Waals surface area contributed by atoms with Crippen molar-refractivity contribution in [2.24, 2.45) is 5.92 Å². The molecule has 13 heteroatoms. The Morgan fingerprint density at radius 2 is 1.91 bits per heavy atom. The number of aliphatic hydroxyl groups is 1. The largest absolute Gasteiger partial charge is 0.417 e. The first kappa shape index (κ1) is 25.9. The number of nitrogens with zero attached hydrogens (tertiary/aromatic N) is 2. The molecule has 2 aromatic rings. The zero-order chi connectivity index (χ0) is 25.7. The highest BCUT2D eigenvalue weighted by Crippen LogP contribution is 2.54. The number of carbonyl (C=O) groups excluding carboxylic acids is 1. The number of hydrogen-bond donors (Lipinski definition) is 2. The van der Waals surface area contributed by atoms with E-state index in [1.54, 1.807) is 0 Å². The molecule has 1 aliphatic heterocycles. The Bertz CT molecular complexity index is 1090. The molecule has 0 aliphatic carbocycles. The highest BCUT2D eigenvalue weighted by molar-refractivity contribution is 5.95. The van der Waals surface area contributed by atoms with E-state index >= 15 is 0 Å². The van der Waals surface area contributed by atoms with Crippen molar-refractivity contribution in [3.05, 3.63) is 46.8 Å². The van der Waals surface area contributed by atoms with E-state index in [-0.39, 0.29) is 21.6 Å². The molecule has 0 radical (unpaired) electrons. The lowest BCUT2D eigenvalue weighted by Gasteiger charge is -2.32. The van der Waals surface area contributed by atoms with Gasteiger partial charge in [0.15, 0.2) is 17.2 Å². The molecule has 2 heterocycles. The maximum absolute atomic E-state index is 14.5. The van der Waals surface area contributed by atoms with Crippen LogP contribution in [0.3, 0.4) is 0 Å². The Hall–Kier alpha value is -2.67. The van der Waals surface area contributed by atoms with Crippen LogP contribution in [0.1, 0.15) is 56.2 Å². The van der Waals surface area contributed by atoms with Crippen LogP contribution in [-0.4, -0.2) is 38.7 Å². The molecule has 1 aromatic carbocycles. The third-order valence-corrected chi connectivity index (χ3v) is 6.24. The number of aryl methyl sites for hydroxylation is 1. The van der Waals surface area contributed by atoms with Crippen LogP contribution in [0.2, 0.25) is 0 Å². The molecule has 1 fully saturated rings. The van der Waals surface area contributed by atoms with E-state index in [1.165, 1.54) is 6.92 Å². The van der Waals surface area contributed by atoms with E-state index in [9.17, 15) is 40.6 Å². The number of nitrogens with one attached hydrogen (secondary N) is 1. The van der Waals surface area contributed by atoms with E-state index in [0.29, 0.717) is 6.07 Å². The number of rotatable bonds is 5. The van der Waals surface area contributed by atoms with Crippen LogP contribution in [0.25, 0.3) is 0 Å². The summed E-state index contributed by atoms with van der Waals surface area (Å²) in [4.78, 5) is 13.1. The molecule has 6 nitrogen and oxygen atoms in total. The first-order valence-corrected chi connectivity index (χ1v) is 10.1. The van der Waals surface area contributed by atoms with Crippen LogP contribution >= 0.6 is 0 Å². The minimum absolute atomic E-state index is 0.0349. The Balaban J connectivity index is 2.11. The minimum atomic E-state index is -4.96. The first-order valence-electron chi connectivity index (χ1n) is 10.1. The predicted molar refractivity (Wildman–Crippen MR) is 105 cm³/mol. The number of amides is 1. The van der Waals surface area contributed by atoms with Gasteiger partial charge in [0.1, 0.15) is 6.10 Å². The lowest BCUT2D eigenvalue weighted by atomic mass is 9.75. The van der Waals surface area contributed by atoms with Gasteiger partial charge in [0.2, 0.25) is 0 Å². The number of ether oxygens (including phenoxy) is 1. The fourth-order valence-corrected chi connectivity index (χ4v) is 4.23. The van der Waals surface area contributed by atoms with Crippen molar-refractivity contribution in [1.82, 2.24) is 9.78 Å². The van der Waals surface area contributed by atoms with Crippen LogP contribution in [-0.2, 0) is 9.53 Å². The molecule has 1 aromatic heterocycles. The van der Waals surface area contributed by atoms with Crippen LogP contribution < -0.4 is 5.32 Å². The Kier molecular flexibility index (Phi) is 6.74. The van der Waals surface area contributed by atoms with Gasteiger partial charge in [-0.2, -0.15) is 27.1 Å². The normalized spacial score (nSPS) is 26.2. The van der Waals surface area contributed by atoms with Gasteiger partial charge in [0.25, 0.3) is 5.91 Å². The maximum Gasteiger partial charge on any atom is 0.417 e. The van der Waals surface area contributed by atoms with Crippen molar-refractivity contribution in [2.75, 3.05) is 5.32 Å². The van der Waals surface area contributed by atoms with Gasteiger partial charge in [-0.1, -0.05) is 13.0 Å². The molecule has 3 rings (SSSR count). The summed E-state index contributed by atoms with van der Waals surface area (Å²) in [6.45, 7) is 1.23. The van der Waals surface area contributed by atoms with Crippen molar-refractivity contribution in [3.63, 3.8) is 0 Å². The van der Waals surface area contributed by atoms with Gasteiger partial charge >= 0.3 is 12.7 Å². The SMILES string of the molecule is Cc1nn(C(F)F)cc1NC(=O)[C@@H]1O[C@@](C)(C(F)(F)F)[C@@H](C)[C@H]1c1ccc(F)c(F)c1[C@@H](C)O.